The van der Waals surface area contributed by atoms with E-state index >= 15 is 0 Å². The van der Waals surface area contributed by atoms with Gasteiger partial charge in [0.1, 0.15) is 0 Å². The molecule has 202 valence electrons. The molecule has 0 unspecified atom stereocenters. The second-order valence-corrected chi connectivity index (χ2v) is 9.68. The van der Waals surface area contributed by atoms with Crippen molar-refractivity contribution in [2.45, 2.75) is 46.0 Å². The molecule has 0 saturated carbocycles. The minimum absolute atomic E-state index is 0. The van der Waals surface area contributed by atoms with Crippen LogP contribution in [0.4, 0.5) is 0 Å². The molecule has 0 saturated heterocycles. The summed E-state index contributed by atoms with van der Waals surface area (Å²) >= 11 is 0. The average Bonchev–Trinajstić information content (AvgIpc) is 3.49. The normalized spacial score (nSPS) is 10.4. The molecule has 0 spiro atoms. The Labute approximate surface area is 249 Å². The maximum atomic E-state index is 9.60. The van der Waals surface area contributed by atoms with E-state index in [2.05, 4.69) is 97.1 Å². The minimum atomic E-state index is -0.711. The van der Waals surface area contributed by atoms with Gasteiger partial charge in [-0.15, -0.1) is 78.5 Å². The number of carboxylic acid groups (broad SMARTS) is 2. The molecule has 0 aliphatic rings. The second-order valence-electron chi connectivity index (χ2n) is 9.68. The predicted octanol–water partition coefficient (Wildman–Crippen LogP) is 9.07. The molecular weight excluding hydrogens is 532 g/mol. The zero-order valence-electron chi connectivity index (χ0n) is 23.0. The zero-order valence-corrected chi connectivity index (χ0v) is 24.5. The Morgan fingerprint density at radius 1 is 0.575 bits per heavy atom. The summed E-state index contributed by atoms with van der Waals surface area (Å²) in [5, 5.41) is 26.7. The Morgan fingerprint density at radius 3 is 1.30 bits per heavy atom. The molecule has 0 radical (unpaired) electrons. The maximum absolute atomic E-state index is 9.60. The van der Waals surface area contributed by atoms with Crippen molar-refractivity contribution in [1.82, 2.24) is 0 Å². The Hall–Kier alpha value is -3.73. The number of rotatable bonds is 6. The summed E-state index contributed by atoms with van der Waals surface area (Å²) < 4.78 is 0. The van der Waals surface area contributed by atoms with Gasteiger partial charge in [-0.3, -0.25) is 9.59 Å². The summed E-state index contributed by atoms with van der Waals surface area (Å²) in [6, 6.07) is 35.5. The number of hydrogen-bond acceptors (Lipinski definition) is 2. The average molecular weight is 567 g/mol. The van der Waals surface area contributed by atoms with Gasteiger partial charge in [-0.2, -0.15) is 0 Å². The molecule has 5 heteroatoms. The van der Waals surface area contributed by atoms with Crippen molar-refractivity contribution in [2.75, 3.05) is 0 Å². The Morgan fingerprint density at radius 2 is 0.950 bits per heavy atom. The Kier molecular flexibility index (Phi) is 11.2. The van der Waals surface area contributed by atoms with Gasteiger partial charge in [0.05, 0.1) is 0 Å². The fourth-order valence-corrected chi connectivity index (χ4v) is 5.03. The first kappa shape index (κ1) is 30.8. The van der Waals surface area contributed by atoms with Crippen LogP contribution in [-0.2, 0) is 37.7 Å². The first-order chi connectivity index (χ1) is 18.9. The molecule has 0 bridgehead atoms. The van der Waals surface area contributed by atoms with Gasteiger partial charge in [0.2, 0.25) is 0 Å². The van der Waals surface area contributed by atoms with Gasteiger partial charge >= 0.3 is 33.7 Å². The summed E-state index contributed by atoms with van der Waals surface area (Å²) in [7, 11) is 0. The van der Waals surface area contributed by atoms with Gasteiger partial charge < -0.3 is 10.2 Å². The smallest absolute Gasteiger partial charge is 0.481 e. The summed E-state index contributed by atoms with van der Waals surface area (Å²) in [5.74, 6) is -1.42. The van der Waals surface area contributed by atoms with E-state index in [1.165, 1.54) is 54.2 Å². The summed E-state index contributed by atoms with van der Waals surface area (Å²) in [4.78, 5) is 19.2. The minimum Gasteiger partial charge on any atom is -0.481 e. The summed E-state index contributed by atoms with van der Waals surface area (Å²) in [5.41, 5.74) is 2.81. The maximum Gasteiger partial charge on any atom is 2.00 e. The van der Waals surface area contributed by atoms with E-state index in [1.54, 1.807) is 0 Å². The number of aliphatic carboxylic acids is 2. The molecule has 0 atom stereocenters. The largest absolute Gasteiger partial charge is 2.00 e. The number of carbonyl (C=O) groups is 2. The molecule has 0 aliphatic heterocycles. The van der Waals surface area contributed by atoms with Crippen molar-refractivity contribution < 1.29 is 41.5 Å². The SMILES string of the molecule is CCCC(=O)O.CCCC(=O)O.[Ti+2].c1ccc2c(c1)[cH-]c1c(Cc3cccc4c3[cH-]c3ccccc34)cccc12. The van der Waals surface area contributed by atoms with Gasteiger partial charge in [0, 0.05) is 12.8 Å². The van der Waals surface area contributed by atoms with E-state index in [1.807, 2.05) is 13.8 Å². The van der Waals surface area contributed by atoms with Crippen molar-refractivity contribution in [3.05, 3.63) is 108 Å². The standard InChI is InChI=1S/C27H18.2C4H8O2.Ti/c1-3-11-22-20(7-1)16-26-18(9-5-13-24(22)26)15-19-10-6-14-25-23-12-4-2-8-21(23)17-27(19)25;2*1-2-3-4(5)6;/h1-14,16-17H,15H2;2*2-3H2,1H3,(H,5,6);/q-2;;;+2. The first-order valence-electron chi connectivity index (χ1n) is 13.5. The quantitative estimate of drug-likeness (QED) is 0.156. The number of carboxylic acids is 2. The van der Waals surface area contributed by atoms with E-state index in [0.717, 1.165) is 19.3 Å². The molecule has 0 aliphatic carbocycles. The van der Waals surface area contributed by atoms with Crippen LogP contribution in [0, 0.1) is 0 Å². The zero-order chi connectivity index (χ0) is 27.8. The number of hydrogen-bond donors (Lipinski definition) is 2. The van der Waals surface area contributed by atoms with Crippen molar-refractivity contribution in [3.63, 3.8) is 0 Å². The van der Waals surface area contributed by atoms with Crippen LogP contribution in [0.15, 0.2) is 97.1 Å². The topological polar surface area (TPSA) is 74.6 Å². The third-order valence-electron chi connectivity index (χ3n) is 6.80. The van der Waals surface area contributed by atoms with Gasteiger partial charge in [-0.05, 0) is 12.8 Å². The molecule has 6 rings (SSSR count). The van der Waals surface area contributed by atoms with Crippen molar-refractivity contribution in [2.24, 2.45) is 0 Å². The molecule has 40 heavy (non-hydrogen) atoms. The van der Waals surface area contributed by atoms with Crippen molar-refractivity contribution in [1.29, 1.82) is 0 Å². The Balaban J connectivity index is 0.000000289. The van der Waals surface area contributed by atoms with Crippen LogP contribution in [0.1, 0.15) is 50.7 Å². The van der Waals surface area contributed by atoms with Crippen LogP contribution >= 0.6 is 0 Å². The van der Waals surface area contributed by atoms with Gasteiger partial charge in [0.15, 0.2) is 0 Å². The van der Waals surface area contributed by atoms with Gasteiger partial charge in [0.25, 0.3) is 0 Å². The third-order valence-corrected chi connectivity index (χ3v) is 6.80. The first-order valence-corrected chi connectivity index (χ1v) is 13.5. The van der Waals surface area contributed by atoms with Crippen LogP contribution in [0.25, 0.3) is 43.1 Å². The summed E-state index contributed by atoms with van der Waals surface area (Å²) in [6.07, 6.45) is 3.01. The van der Waals surface area contributed by atoms with E-state index in [-0.39, 0.29) is 21.7 Å². The molecule has 6 aromatic carbocycles. The molecule has 2 N–H and O–H groups in total. The molecule has 6 aromatic rings. The van der Waals surface area contributed by atoms with Crippen LogP contribution in [0.2, 0.25) is 0 Å². The van der Waals surface area contributed by atoms with Crippen molar-refractivity contribution >= 4 is 55.0 Å². The predicted molar refractivity (Wildman–Crippen MR) is 162 cm³/mol. The third kappa shape index (κ3) is 7.26. The van der Waals surface area contributed by atoms with E-state index in [4.69, 9.17) is 10.2 Å². The van der Waals surface area contributed by atoms with Crippen LogP contribution in [-0.4, -0.2) is 22.2 Å². The fraction of sp³-hybridized carbons (Fsp3) is 0.200. The van der Waals surface area contributed by atoms with Crippen molar-refractivity contribution in [3.8, 4) is 0 Å². The number of benzene rings is 4. The number of fused-ring (bicyclic) bond motifs is 6. The monoisotopic (exact) mass is 566 g/mol. The van der Waals surface area contributed by atoms with Crippen LogP contribution in [0.3, 0.4) is 0 Å². The Bertz CT molecular complexity index is 1600. The van der Waals surface area contributed by atoms with Gasteiger partial charge in [-0.1, -0.05) is 93.1 Å². The molecule has 0 heterocycles. The molecule has 0 amide bonds. The van der Waals surface area contributed by atoms with Gasteiger partial charge in [-0.25, -0.2) is 0 Å². The second kappa shape index (κ2) is 14.6. The van der Waals surface area contributed by atoms with E-state index in [9.17, 15) is 9.59 Å². The van der Waals surface area contributed by atoms with E-state index in [0.29, 0.717) is 12.8 Å². The molecule has 0 aromatic heterocycles. The van der Waals surface area contributed by atoms with Crippen LogP contribution < -0.4 is 0 Å². The molecular formula is C35H34O4Ti. The fourth-order valence-electron chi connectivity index (χ4n) is 5.03. The summed E-state index contributed by atoms with van der Waals surface area (Å²) in [6.45, 7) is 3.68. The molecule has 4 nitrogen and oxygen atoms in total. The van der Waals surface area contributed by atoms with Crippen LogP contribution in [0.5, 0.6) is 0 Å². The van der Waals surface area contributed by atoms with E-state index < -0.39 is 11.9 Å². The molecule has 0 fully saturated rings.